The van der Waals surface area contributed by atoms with Crippen molar-refractivity contribution in [3.05, 3.63) is 35.9 Å². The number of benzene rings is 1. The number of aryl methyl sites for hydroxylation is 1. The van der Waals surface area contributed by atoms with E-state index in [4.69, 9.17) is 9.84 Å². The molecule has 0 radical (unpaired) electrons. The van der Waals surface area contributed by atoms with E-state index in [1.54, 1.807) is 0 Å². The van der Waals surface area contributed by atoms with Gasteiger partial charge in [-0.2, -0.15) is 0 Å². The average Bonchev–Trinajstić information content (AvgIpc) is 2.84. The van der Waals surface area contributed by atoms with Crippen molar-refractivity contribution in [3.8, 4) is 11.4 Å². The highest BCUT2D eigenvalue weighted by Gasteiger charge is 2.15. The van der Waals surface area contributed by atoms with E-state index in [9.17, 15) is 4.79 Å². The summed E-state index contributed by atoms with van der Waals surface area (Å²) in [5, 5.41) is 12.9. The van der Waals surface area contributed by atoms with Crippen LogP contribution in [0.25, 0.3) is 5.69 Å². The van der Waals surface area contributed by atoms with Crippen LogP contribution in [0, 0.1) is 0 Å². The maximum atomic E-state index is 10.9. The molecule has 2 rings (SSSR count). The Labute approximate surface area is 110 Å². The molecule has 0 aliphatic carbocycles. The number of hydrogen-bond acceptors (Lipinski definition) is 4. The number of carbonyl (C=O) groups is 1. The van der Waals surface area contributed by atoms with Crippen molar-refractivity contribution in [3.63, 3.8) is 0 Å². The van der Waals surface area contributed by atoms with Crippen LogP contribution < -0.4 is 4.74 Å². The Morgan fingerprint density at radius 1 is 1.42 bits per heavy atom. The van der Waals surface area contributed by atoms with Crippen LogP contribution in [0.2, 0.25) is 0 Å². The van der Waals surface area contributed by atoms with Gasteiger partial charge in [0.25, 0.3) is 5.82 Å². The van der Waals surface area contributed by atoms with E-state index in [2.05, 4.69) is 10.1 Å². The Morgan fingerprint density at radius 2 is 2.21 bits per heavy atom. The first-order valence-electron chi connectivity index (χ1n) is 6.08. The monoisotopic (exact) mass is 261 g/mol. The molecule has 0 aliphatic rings. The van der Waals surface area contributed by atoms with Crippen molar-refractivity contribution in [2.45, 2.75) is 20.3 Å². The first-order chi connectivity index (χ1) is 9.15. The molecule has 0 fully saturated rings. The third kappa shape index (κ3) is 2.73. The SMILES string of the molecule is CCOc1cccc(-n2nc(C(=O)O)nc2CC)c1. The Bertz CT molecular complexity index is 593. The molecule has 0 saturated carbocycles. The smallest absolute Gasteiger partial charge is 0.375 e. The first-order valence-corrected chi connectivity index (χ1v) is 6.08. The summed E-state index contributed by atoms with van der Waals surface area (Å²) in [5.74, 6) is -0.00597. The second kappa shape index (κ2) is 5.51. The Kier molecular flexibility index (Phi) is 3.79. The third-order valence-corrected chi connectivity index (χ3v) is 2.55. The minimum Gasteiger partial charge on any atom is -0.494 e. The summed E-state index contributed by atoms with van der Waals surface area (Å²) in [5.41, 5.74) is 0.739. The molecular formula is C13H15N3O3. The van der Waals surface area contributed by atoms with Crippen LogP contribution in [0.3, 0.4) is 0 Å². The van der Waals surface area contributed by atoms with Gasteiger partial charge in [0, 0.05) is 12.5 Å². The lowest BCUT2D eigenvalue weighted by molar-refractivity contribution is 0.0683. The fourth-order valence-corrected chi connectivity index (χ4v) is 1.74. The summed E-state index contributed by atoms with van der Waals surface area (Å²) in [7, 11) is 0. The minimum atomic E-state index is -1.13. The lowest BCUT2D eigenvalue weighted by atomic mass is 10.3. The lowest BCUT2D eigenvalue weighted by Crippen LogP contribution is -2.04. The molecule has 100 valence electrons. The normalized spacial score (nSPS) is 10.4. The zero-order chi connectivity index (χ0) is 13.8. The van der Waals surface area contributed by atoms with Gasteiger partial charge in [-0.25, -0.2) is 14.5 Å². The van der Waals surface area contributed by atoms with Crippen molar-refractivity contribution in [2.75, 3.05) is 6.61 Å². The second-order valence-electron chi connectivity index (χ2n) is 3.85. The highest BCUT2D eigenvalue weighted by Crippen LogP contribution is 2.18. The number of aromatic nitrogens is 3. The van der Waals surface area contributed by atoms with Crippen molar-refractivity contribution >= 4 is 5.97 Å². The number of hydrogen-bond donors (Lipinski definition) is 1. The zero-order valence-corrected chi connectivity index (χ0v) is 10.8. The fourth-order valence-electron chi connectivity index (χ4n) is 1.74. The number of nitrogens with zero attached hydrogens (tertiary/aromatic N) is 3. The van der Waals surface area contributed by atoms with Crippen LogP contribution in [0.4, 0.5) is 0 Å². The summed E-state index contributed by atoms with van der Waals surface area (Å²) < 4.78 is 6.95. The molecule has 0 unspecified atom stereocenters. The van der Waals surface area contributed by atoms with Gasteiger partial charge in [-0.1, -0.05) is 13.0 Å². The number of carboxylic acids is 1. The highest BCUT2D eigenvalue weighted by atomic mass is 16.5. The predicted octanol–water partition coefficient (Wildman–Crippen LogP) is 1.93. The molecule has 0 spiro atoms. The van der Waals surface area contributed by atoms with Gasteiger partial charge in [0.2, 0.25) is 0 Å². The number of carboxylic acid groups (broad SMARTS) is 1. The third-order valence-electron chi connectivity index (χ3n) is 2.55. The van der Waals surface area contributed by atoms with Crippen molar-refractivity contribution in [1.82, 2.24) is 14.8 Å². The highest BCUT2D eigenvalue weighted by molar-refractivity contribution is 5.83. The first kappa shape index (κ1) is 13.1. The quantitative estimate of drug-likeness (QED) is 0.889. The van der Waals surface area contributed by atoms with Gasteiger partial charge in [0.1, 0.15) is 11.6 Å². The molecule has 0 saturated heterocycles. The van der Waals surface area contributed by atoms with Gasteiger partial charge in [0.05, 0.1) is 12.3 Å². The van der Waals surface area contributed by atoms with Crippen molar-refractivity contribution in [2.24, 2.45) is 0 Å². The molecular weight excluding hydrogens is 246 g/mol. The summed E-state index contributed by atoms with van der Waals surface area (Å²) >= 11 is 0. The van der Waals surface area contributed by atoms with Gasteiger partial charge in [-0.15, -0.1) is 5.10 Å². The summed E-state index contributed by atoms with van der Waals surface area (Å²) in [6.07, 6.45) is 0.596. The average molecular weight is 261 g/mol. The molecule has 2 aromatic rings. The van der Waals surface area contributed by atoms with E-state index < -0.39 is 5.97 Å². The van der Waals surface area contributed by atoms with E-state index in [-0.39, 0.29) is 5.82 Å². The molecule has 0 atom stereocenters. The molecule has 0 aliphatic heterocycles. The molecule has 1 aromatic heterocycles. The molecule has 1 N–H and O–H groups in total. The Morgan fingerprint density at radius 3 is 2.84 bits per heavy atom. The van der Waals surface area contributed by atoms with Crippen LogP contribution in [0.5, 0.6) is 5.75 Å². The maximum absolute atomic E-state index is 10.9. The van der Waals surface area contributed by atoms with Gasteiger partial charge in [-0.05, 0) is 19.1 Å². The van der Waals surface area contributed by atoms with Gasteiger partial charge in [-0.3, -0.25) is 0 Å². The van der Waals surface area contributed by atoms with Crippen LogP contribution in [0.1, 0.15) is 30.3 Å². The van der Waals surface area contributed by atoms with Crippen LogP contribution in [0.15, 0.2) is 24.3 Å². The molecule has 19 heavy (non-hydrogen) atoms. The maximum Gasteiger partial charge on any atom is 0.375 e. The molecule has 6 nitrogen and oxygen atoms in total. The second-order valence-corrected chi connectivity index (χ2v) is 3.85. The molecule has 6 heteroatoms. The summed E-state index contributed by atoms with van der Waals surface area (Å²) in [6, 6.07) is 7.32. The standard InChI is InChI=1S/C13H15N3O3/c1-3-11-14-12(13(17)18)15-16(11)9-6-5-7-10(8-9)19-4-2/h5-8H,3-4H2,1-2H3,(H,17,18). The molecule has 1 aromatic carbocycles. The largest absolute Gasteiger partial charge is 0.494 e. The van der Waals surface area contributed by atoms with Crippen LogP contribution in [-0.4, -0.2) is 32.4 Å². The van der Waals surface area contributed by atoms with E-state index in [0.717, 1.165) is 11.4 Å². The van der Waals surface area contributed by atoms with Gasteiger partial charge < -0.3 is 9.84 Å². The molecule has 0 amide bonds. The predicted molar refractivity (Wildman–Crippen MR) is 68.9 cm³/mol. The van der Waals surface area contributed by atoms with Crippen LogP contribution >= 0.6 is 0 Å². The van der Waals surface area contributed by atoms with E-state index in [1.165, 1.54) is 4.68 Å². The zero-order valence-electron chi connectivity index (χ0n) is 10.8. The van der Waals surface area contributed by atoms with E-state index in [1.807, 2.05) is 38.1 Å². The van der Waals surface area contributed by atoms with Gasteiger partial charge in [0.15, 0.2) is 0 Å². The molecule has 0 bridgehead atoms. The van der Waals surface area contributed by atoms with Gasteiger partial charge >= 0.3 is 5.97 Å². The van der Waals surface area contributed by atoms with E-state index >= 15 is 0 Å². The summed E-state index contributed by atoms with van der Waals surface area (Å²) in [4.78, 5) is 14.9. The number of rotatable bonds is 5. The van der Waals surface area contributed by atoms with Crippen LogP contribution in [-0.2, 0) is 6.42 Å². The molecule has 1 heterocycles. The summed E-state index contributed by atoms with van der Waals surface area (Å²) in [6.45, 7) is 4.38. The minimum absolute atomic E-state index is 0.196. The number of ether oxygens (including phenoxy) is 1. The van der Waals surface area contributed by atoms with E-state index in [0.29, 0.717) is 18.9 Å². The topological polar surface area (TPSA) is 77.2 Å². The lowest BCUT2D eigenvalue weighted by Gasteiger charge is -2.07. The number of aromatic carboxylic acids is 1. The Balaban J connectivity index is 2.45. The fraction of sp³-hybridized carbons (Fsp3) is 0.308. The van der Waals surface area contributed by atoms with Crippen molar-refractivity contribution in [1.29, 1.82) is 0 Å². The van der Waals surface area contributed by atoms with Crippen molar-refractivity contribution < 1.29 is 14.6 Å². The Hall–Kier alpha value is -2.37.